The number of benzene rings is 1. The molecule has 1 aliphatic rings. The van der Waals surface area contributed by atoms with Gasteiger partial charge >= 0.3 is 0 Å². The second kappa shape index (κ2) is 5.41. The lowest BCUT2D eigenvalue weighted by Crippen LogP contribution is -2.10. The summed E-state index contributed by atoms with van der Waals surface area (Å²) in [6.07, 6.45) is 3.55. The Labute approximate surface area is 117 Å². The number of carbonyl (C=O) groups is 1. The molecule has 0 heterocycles. The van der Waals surface area contributed by atoms with Crippen LogP contribution in [-0.4, -0.2) is 18.5 Å². The number of aliphatic imine (C=N–C) groups is 1. The molecule has 0 saturated heterocycles. The van der Waals surface area contributed by atoms with E-state index < -0.39 is 0 Å². The van der Waals surface area contributed by atoms with Gasteiger partial charge in [-0.15, -0.1) is 0 Å². The van der Waals surface area contributed by atoms with Crippen LogP contribution in [-0.2, 0) is 4.79 Å². The summed E-state index contributed by atoms with van der Waals surface area (Å²) in [6.45, 7) is 3.58. The molecule has 1 N–H and O–H groups in total. The van der Waals surface area contributed by atoms with Crippen molar-refractivity contribution in [1.29, 1.82) is 0 Å². The van der Waals surface area contributed by atoms with Gasteiger partial charge in [0.25, 0.3) is 0 Å². The number of allylic oxidation sites excluding steroid dienone is 4. The zero-order valence-electron chi connectivity index (χ0n) is 11.1. The molecular formula is C15H15ClN2O. The Bertz CT molecular complexity index is 603. The minimum absolute atomic E-state index is 0.0653. The van der Waals surface area contributed by atoms with Crippen LogP contribution in [0.25, 0.3) is 0 Å². The Hall–Kier alpha value is -1.87. The average molecular weight is 275 g/mol. The van der Waals surface area contributed by atoms with Gasteiger partial charge in [0, 0.05) is 12.7 Å². The van der Waals surface area contributed by atoms with Crippen LogP contribution in [0.5, 0.6) is 0 Å². The summed E-state index contributed by atoms with van der Waals surface area (Å²) in [5.41, 5.74) is 3.77. The van der Waals surface area contributed by atoms with Crippen LogP contribution in [0.4, 0.5) is 11.4 Å². The molecule has 19 heavy (non-hydrogen) atoms. The number of hydrogen-bond donors (Lipinski definition) is 1. The van der Waals surface area contributed by atoms with Gasteiger partial charge in [0.15, 0.2) is 5.78 Å². The van der Waals surface area contributed by atoms with E-state index in [1.165, 1.54) is 0 Å². The maximum atomic E-state index is 11.6. The van der Waals surface area contributed by atoms with E-state index in [0.717, 1.165) is 11.4 Å². The number of nitrogens with zero attached hydrogens (tertiary/aromatic N) is 1. The van der Waals surface area contributed by atoms with Crippen molar-refractivity contribution < 1.29 is 4.79 Å². The lowest BCUT2D eigenvalue weighted by molar-refractivity contribution is -0.112. The highest BCUT2D eigenvalue weighted by atomic mass is 35.5. The Kier molecular flexibility index (Phi) is 3.86. The normalized spacial score (nSPS) is 14.9. The van der Waals surface area contributed by atoms with E-state index >= 15 is 0 Å². The Balaban J connectivity index is 2.40. The van der Waals surface area contributed by atoms with Crippen LogP contribution in [0.15, 0.2) is 46.5 Å². The summed E-state index contributed by atoms with van der Waals surface area (Å²) in [7, 11) is 1.84. The summed E-state index contributed by atoms with van der Waals surface area (Å²) in [5, 5.41) is 3.59. The predicted octanol–water partition coefficient (Wildman–Crippen LogP) is 3.93. The first-order chi connectivity index (χ1) is 9.01. The molecule has 0 bridgehead atoms. The number of halogens is 1. The highest BCUT2D eigenvalue weighted by Gasteiger charge is 2.13. The van der Waals surface area contributed by atoms with Gasteiger partial charge in [-0.25, -0.2) is 4.99 Å². The molecule has 0 amide bonds. The summed E-state index contributed by atoms with van der Waals surface area (Å²) >= 11 is 6.17. The third-order valence-electron chi connectivity index (χ3n) is 2.93. The van der Waals surface area contributed by atoms with E-state index in [1.807, 2.05) is 25.2 Å². The lowest BCUT2D eigenvalue weighted by atomic mass is 9.98. The van der Waals surface area contributed by atoms with E-state index in [-0.39, 0.29) is 5.78 Å². The smallest absolute Gasteiger partial charge is 0.184 e. The third kappa shape index (κ3) is 2.93. The van der Waals surface area contributed by atoms with Gasteiger partial charge in [0.1, 0.15) is 0 Å². The van der Waals surface area contributed by atoms with E-state index in [4.69, 9.17) is 11.6 Å². The molecule has 0 spiro atoms. The molecule has 1 aromatic rings. The fourth-order valence-electron chi connectivity index (χ4n) is 1.88. The number of rotatable bonds is 2. The third-order valence-corrected chi connectivity index (χ3v) is 3.23. The highest BCUT2D eigenvalue weighted by Crippen LogP contribution is 2.28. The minimum atomic E-state index is 0.0653. The van der Waals surface area contributed by atoms with Crippen LogP contribution in [0.3, 0.4) is 0 Å². The second-order valence-corrected chi connectivity index (χ2v) is 4.84. The van der Waals surface area contributed by atoms with Gasteiger partial charge < -0.3 is 5.32 Å². The monoisotopic (exact) mass is 274 g/mol. The maximum absolute atomic E-state index is 11.6. The van der Waals surface area contributed by atoms with Gasteiger partial charge in [-0.05, 0) is 55.3 Å². The molecule has 0 fully saturated rings. The van der Waals surface area contributed by atoms with E-state index in [1.54, 1.807) is 26.0 Å². The number of nitrogens with one attached hydrogen (secondary N) is 1. The fourth-order valence-corrected chi connectivity index (χ4v) is 2.11. The predicted molar refractivity (Wildman–Crippen MR) is 80.6 cm³/mol. The van der Waals surface area contributed by atoms with Crippen molar-refractivity contribution in [2.24, 2.45) is 4.99 Å². The van der Waals surface area contributed by atoms with Crippen molar-refractivity contribution in [3.05, 3.63) is 46.5 Å². The molecule has 0 unspecified atom stereocenters. The van der Waals surface area contributed by atoms with Crippen LogP contribution in [0.1, 0.15) is 13.8 Å². The van der Waals surface area contributed by atoms with Crippen LogP contribution in [0, 0.1) is 0 Å². The van der Waals surface area contributed by atoms with Gasteiger partial charge in [0.2, 0.25) is 0 Å². The Morgan fingerprint density at radius 3 is 2.32 bits per heavy atom. The van der Waals surface area contributed by atoms with Crippen LogP contribution < -0.4 is 5.32 Å². The fraction of sp³-hybridized carbons (Fsp3) is 0.200. The van der Waals surface area contributed by atoms with Crippen molar-refractivity contribution in [2.45, 2.75) is 13.8 Å². The molecule has 0 aliphatic heterocycles. The number of hydrogen-bond acceptors (Lipinski definition) is 3. The quantitative estimate of drug-likeness (QED) is 0.830. The molecule has 98 valence electrons. The molecule has 1 aliphatic carbocycles. The SMILES string of the molecule is CNc1ccc(N=C2C=C(C)C(=O)C(C)=C2)c(Cl)c1. The molecule has 0 radical (unpaired) electrons. The largest absolute Gasteiger partial charge is 0.388 e. The van der Waals surface area contributed by atoms with Crippen molar-refractivity contribution >= 4 is 34.5 Å². The second-order valence-electron chi connectivity index (χ2n) is 4.44. The van der Waals surface area contributed by atoms with Gasteiger partial charge in [0.05, 0.1) is 16.4 Å². The number of ketones is 1. The van der Waals surface area contributed by atoms with Crippen molar-refractivity contribution in [2.75, 3.05) is 12.4 Å². The highest BCUT2D eigenvalue weighted by molar-refractivity contribution is 6.33. The van der Waals surface area contributed by atoms with Crippen LogP contribution in [0.2, 0.25) is 5.02 Å². The minimum Gasteiger partial charge on any atom is -0.388 e. The molecule has 3 nitrogen and oxygen atoms in total. The summed E-state index contributed by atoms with van der Waals surface area (Å²) in [6, 6.07) is 5.58. The molecule has 2 rings (SSSR count). The summed E-state index contributed by atoms with van der Waals surface area (Å²) < 4.78 is 0. The van der Waals surface area contributed by atoms with Crippen molar-refractivity contribution in [1.82, 2.24) is 0 Å². The topological polar surface area (TPSA) is 41.5 Å². The van der Waals surface area contributed by atoms with Crippen molar-refractivity contribution in [3.63, 3.8) is 0 Å². The number of carbonyl (C=O) groups excluding carboxylic acids is 1. The molecule has 0 saturated carbocycles. The molecule has 0 aromatic heterocycles. The molecule has 1 aromatic carbocycles. The van der Waals surface area contributed by atoms with Gasteiger partial charge in [-0.2, -0.15) is 0 Å². The molecule has 4 heteroatoms. The lowest BCUT2D eigenvalue weighted by Gasteiger charge is -2.09. The summed E-state index contributed by atoms with van der Waals surface area (Å²) in [4.78, 5) is 16.1. The molecular weight excluding hydrogens is 260 g/mol. The van der Waals surface area contributed by atoms with E-state index in [0.29, 0.717) is 21.9 Å². The summed E-state index contributed by atoms with van der Waals surface area (Å²) in [5.74, 6) is 0.0653. The standard InChI is InChI=1S/C15H15ClN2O/c1-9-6-12(7-10(2)15(9)19)18-14-5-4-11(17-3)8-13(14)16/h4-8,17H,1-3H3. The Morgan fingerprint density at radius 2 is 1.79 bits per heavy atom. The van der Waals surface area contributed by atoms with E-state index in [2.05, 4.69) is 10.3 Å². The van der Waals surface area contributed by atoms with Crippen molar-refractivity contribution in [3.8, 4) is 0 Å². The zero-order valence-corrected chi connectivity index (χ0v) is 11.9. The van der Waals surface area contributed by atoms with Crippen LogP contribution >= 0.6 is 11.6 Å². The first-order valence-corrected chi connectivity index (χ1v) is 6.36. The van der Waals surface area contributed by atoms with Gasteiger partial charge in [-0.1, -0.05) is 11.6 Å². The first kappa shape index (κ1) is 13.6. The van der Waals surface area contributed by atoms with Gasteiger partial charge in [-0.3, -0.25) is 4.79 Å². The zero-order chi connectivity index (χ0) is 14.0. The first-order valence-electron chi connectivity index (χ1n) is 5.98. The maximum Gasteiger partial charge on any atom is 0.184 e. The Morgan fingerprint density at radius 1 is 1.16 bits per heavy atom. The molecule has 0 atom stereocenters. The number of Topliss-reactive ketones (excluding diaryl/α,β-unsaturated/α-hetero) is 1. The average Bonchev–Trinajstić information content (AvgIpc) is 2.38. The van der Waals surface area contributed by atoms with E-state index in [9.17, 15) is 4.79 Å². The number of anilines is 1.